The van der Waals surface area contributed by atoms with Crippen LogP contribution in [-0.2, 0) is 13.7 Å². The predicted molar refractivity (Wildman–Crippen MR) is 110 cm³/mol. The fourth-order valence-corrected chi connectivity index (χ4v) is 4.96. The maximum atomic E-state index is 14.5. The van der Waals surface area contributed by atoms with E-state index in [9.17, 15) is 24.1 Å². The molecule has 10 nitrogen and oxygen atoms in total. The van der Waals surface area contributed by atoms with E-state index in [4.69, 9.17) is 13.7 Å². The summed E-state index contributed by atoms with van der Waals surface area (Å²) in [7, 11) is -5.20. The zero-order valence-electron chi connectivity index (χ0n) is 17.4. The second-order valence-electron chi connectivity index (χ2n) is 8.73. The Labute approximate surface area is 174 Å². The summed E-state index contributed by atoms with van der Waals surface area (Å²) in [5, 5.41) is 9.46. The van der Waals surface area contributed by atoms with Crippen molar-refractivity contribution in [3.8, 4) is 0 Å². The molecule has 0 bridgehead atoms. The predicted octanol–water partition coefficient (Wildman–Crippen LogP) is 1.74. The van der Waals surface area contributed by atoms with E-state index in [2.05, 4.69) is 9.97 Å². The van der Waals surface area contributed by atoms with Gasteiger partial charge in [0, 0.05) is 6.20 Å². The largest absolute Gasteiger partial charge is 0.408 e. The summed E-state index contributed by atoms with van der Waals surface area (Å²) in [4.78, 5) is 37.5. The topological polar surface area (TPSA) is 139 Å². The first-order chi connectivity index (χ1) is 13.9. The Morgan fingerprint density at radius 2 is 2.03 bits per heavy atom. The van der Waals surface area contributed by atoms with Gasteiger partial charge >= 0.3 is 8.60 Å². The highest BCUT2D eigenvalue weighted by Crippen LogP contribution is 2.45. The highest BCUT2D eigenvalue weighted by Gasteiger charge is 2.52. The van der Waals surface area contributed by atoms with Crippen LogP contribution in [0.3, 0.4) is 0 Å². The van der Waals surface area contributed by atoms with E-state index < -0.39 is 59.4 Å². The molecule has 4 atom stereocenters. The average molecular weight is 463 g/mol. The number of nitrogens with one attached hydrogen (secondary N) is 1. The summed E-state index contributed by atoms with van der Waals surface area (Å²) in [6.07, 6.45) is -1.76. The number of H-pyrrole nitrogens is 1. The van der Waals surface area contributed by atoms with Crippen LogP contribution in [-0.4, -0.2) is 62.7 Å². The van der Waals surface area contributed by atoms with Gasteiger partial charge in [0.2, 0.25) is 0 Å². The fourth-order valence-electron chi connectivity index (χ4n) is 3.20. The van der Waals surface area contributed by atoms with Gasteiger partial charge in [0.15, 0.2) is 26.0 Å². The Kier molecular flexibility index (Phi) is 6.53. The molecule has 3 rings (SSSR count). The summed E-state index contributed by atoms with van der Waals surface area (Å²) in [6.45, 7) is 9.67. The third kappa shape index (κ3) is 4.23. The van der Waals surface area contributed by atoms with Crippen LogP contribution in [0.2, 0.25) is 18.1 Å². The molecule has 168 valence electrons. The number of aromatic nitrogens is 3. The first-order valence-corrected chi connectivity index (χ1v) is 13.5. The number of rotatable bonds is 6. The molecule has 0 aromatic carbocycles. The molecule has 1 aliphatic rings. The summed E-state index contributed by atoms with van der Waals surface area (Å²) >= 11 is 0. The Morgan fingerprint density at radius 1 is 1.37 bits per heavy atom. The summed E-state index contributed by atoms with van der Waals surface area (Å²) in [5.41, 5.74) is -0.661. The number of ether oxygens (including phenoxy) is 1. The van der Waals surface area contributed by atoms with Gasteiger partial charge in [-0.05, 0) is 18.1 Å². The first-order valence-electron chi connectivity index (χ1n) is 9.40. The maximum Gasteiger partial charge on any atom is 0.327 e. The van der Waals surface area contributed by atoms with E-state index in [-0.39, 0.29) is 16.1 Å². The quantitative estimate of drug-likeness (QED) is 0.375. The van der Waals surface area contributed by atoms with Crippen molar-refractivity contribution < 1.29 is 33.0 Å². The Bertz CT molecular complexity index is 961. The maximum absolute atomic E-state index is 14.5. The van der Waals surface area contributed by atoms with E-state index in [0.29, 0.717) is 0 Å². The third-order valence-corrected chi connectivity index (χ3v) is 10.7. The number of aliphatic hydroxyl groups is 1. The zero-order valence-corrected chi connectivity index (χ0v) is 19.3. The minimum Gasteiger partial charge on any atom is -0.408 e. The molecule has 2 aromatic heterocycles. The lowest BCUT2D eigenvalue weighted by molar-refractivity contribution is -0.0486. The highest BCUT2D eigenvalue weighted by molar-refractivity contribution is 7.39. The monoisotopic (exact) mass is 463 g/mol. The van der Waals surface area contributed by atoms with Crippen LogP contribution < -0.4 is 5.56 Å². The van der Waals surface area contributed by atoms with Gasteiger partial charge in [-0.25, -0.2) is 9.37 Å². The number of hydrogen-bond acceptors (Lipinski definition) is 8. The van der Waals surface area contributed by atoms with Crippen molar-refractivity contribution in [3.05, 3.63) is 28.7 Å². The zero-order chi connectivity index (χ0) is 22.4. The molecule has 13 heteroatoms. The summed E-state index contributed by atoms with van der Waals surface area (Å²) in [6, 6.07) is 0. The lowest BCUT2D eigenvalue weighted by Gasteiger charge is -2.40. The minimum atomic E-state index is -2.81. The number of fused-ring (bicyclic) bond motifs is 1. The van der Waals surface area contributed by atoms with Gasteiger partial charge in [-0.15, -0.1) is 0 Å². The molecule has 0 aliphatic carbocycles. The Morgan fingerprint density at radius 3 is 2.60 bits per heavy atom. The average Bonchev–Trinajstić information content (AvgIpc) is 3.12. The van der Waals surface area contributed by atoms with Crippen molar-refractivity contribution in [2.45, 2.75) is 63.4 Å². The SMILES string of the molecule is CC(C)(C)[Si](C)(C)O[C@H]1[C@@H](OP(O)O)[C@H](n2cc(F)c3c(=O)[nH]cnc32)O[C@@H]1CO. The van der Waals surface area contributed by atoms with Crippen LogP contribution in [0.4, 0.5) is 4.39 Å². The van der Waals surface area contributed by atoms with Gasteiger partial charge in [0.25, 0.3) is 5.56 Å². The van der Waals surface area contributed by atoms with Crippen LogP contribution in [0, 0.1) is 5.82 Å². The molecule has 30 heavy (non-hydrogen) atoms. The van der Waals surface area contributed by atoms with Crippen LogP contribution >= 0.6 is 8.60 Å². The molecule has 2 aromatic rings. The molecular weight excluding hydrogens is 436 g/mol. The number of aromatic amines is 1. The van der Waals surface area contributed by atoms with Gasteiger partial charge in [0.1, 0.15) is 23.7 Å². The van der Waals surface area contributed by atoms with Crippen molar-refractivity contribution in [1.29, 1.82) is 0 Å². The highest BCUT2D eigenvalue weighted by atomic mass is 31.2. The molecular formula is C17H27FN3O7PSi. The van der Waals surface area contributed by atoms with Crippen LogP contribution in [0.5, 0.6) is 0 Å². The smallest absolute Gasteiger partial charge is 0.327 e. The second-order valence-corrected chi connectivity index (χ2v) is 14.2. The molecule has 1 aliphatic heterocycles. The van der Waals surface area contributed by atoms with Crippen LogP contribution in [0.1, 0.15) is 27.0 Å². The molecule has 4 N–H and O–H groups in total. The molecule has 0 saturated carbocycles. The van der Waals surface area contributed by atoms with Gasteiger partial charge in [-0.3, -0.25) is 4.79 Å². The van der Waals surface area contributed by atoms with Gasteiger partial charge in [0.05, 0.1) is 12.9 Å². The number of halogens is 1. The van der Waals surface area contributed by atoms with E-state index in [1.165, 1.54) is 4.57 Å². The molecule has 0 radical (unpaired) electrons. The van der Waals surface area contributed by atoms with E-state index in [0.717, 1.165) is 12.5 Å². The van der Waals surface area contributed by atoms with E-state index in [1.54, 1.807) is 0 Å². The van der Waals surface area contributed by atoms with Crippen molar-refractivity contribution in [2.75, 3.05) is 6.61 Å². The molecule has 0 spiro atoms. The van der Waals surface area contributed by atoms with Gasteiger partial charge in [-0.2, -0.15) is 0 Å². The lowest BCUT2D eigenvalue weighted by atomic mass is 10.1. The Balaban J connectivity index is 2.07. The van der Waals surface area contributed by atoms with Crippen LogP contribution in [0.15, 0.2) is 17.3 Å². The molecule has 0 amide bonds. The van der Waals surface area contributed by atoms with Gasteiger partial charge < -0.3 is 38.1 Å². The van der Waals surface area contributed by atoms with E-state index in [1.807, 2.05) is 33.9 Å². The van der Waals surface area contributed by atoms with Gasteiger partial charge in [-0.1, -0.05) is 20.8 Å². The summed E-state index contributed by atoms with van der Waals surface area (Å²) < 4.78 is 33.4. The van der Waals surface area contributed by atoms with Crippen molar-refractivity contribution in [2.24, 2.45) is 0 Å². The van der Waals surface area contributed by atoms with Crippen LogP contribution in [0.25, 0.3) is 11.0 Å². The first kappa shape index (κ1) is 23.4. The normalized spacial score (nSPS) is 25.5. The number of aliphatic hydroxyl groups excluding tert-OH is 1. The van der Waals surface area contributed by atoms with E-state index >= 15 is 0 Å². The van der Waals surface area contributed by atoms with Crippen molar-refractivity contribution in [3.63, 3.8) is 0 Å². The molecule has 3 heterocycles. The second kappa shape index (κ2) is 8.36. The summed E-state index contributed by atoms with van der Waals surface area (Å²) in [5.74, 6) is -0.814. The molecule has 1 fully saturated rings. The third-order valence-electron chi connectivity index (χ3n) is 5.76. The van der Waals surface area contributed by atoms with Crippen molar-refractivity contribution >= 4 is 28.0 Å². The standard InChI is InChI=1S/C17H27FN3O7PSi/c1-17(2,3)30(4,5)28-12-10(7-22)26-16(13(12)27-29(24)25)21-6-9(18)11-14(21)19-8-20-15(11)23/h6,8,10,12-13,16,22,24-25H,7H2,1-5H3,(H,19,20,23)/t10-,12-,13-,16-/m1/s1. The fraction of sp³-hybridized carbons (Fsp3) is 0.647. The number of hydrogen-bond donors (Lipinski definition) is 4. The Hall–Kier alpha value is -1.24. The number of nitrogens with zero attached hydrogens (tertiary/aromatic N) is 2. The molecule has 0 unspecified atom stereocenters. The van der Waals surface area contributed by atoms with Crippen molar-refractivity contribution in [1.82, 2.24) is 14.5 Å². The lowest BCUT2D eigenvalue weighted by Crippen LogP contribution is -2.50. The molecule has 1 saturated heterocycles. The minimum absolute atomic E-state index is 0.000256.